The van der Waals surface area contributed by atoms with E-state index in [9.17, 15) is 0 Å². The minimum absolute atomic E-state index is 0.346. The third-order valence-corrected chi connectivity index (χ3v) is 5.57. The second-order valence-electron chi connectivity index (χ2n) is 7.95. The quantitative estimate of drug-likeness (QED) is 0.648. The van der Waals surface area contributed by atoms with Gasteiger partial charge in [-0.3, -0.25) is 9.55 Å². The summed E-state index contributed by atoms with van der Waals surface area (Å²) < 4.78 is 2.12. The maximum Gasteiger partial charge on any atom is 0.160 e. The fraction of sp³-hybridized carbons (Fsp3) is 0.435. The van der Waals surface area contributed by atoms with Crippen LogP contribution in [0.25, 0.3) is 5.82 Å². The van der Waals surface area contributed by atoms with Crippen LogP contribution in [0.5, 0.6) is 0 Å². The maximum absolute atomic E-state index is 4.77. The van der Waals surface area contributed by atoms with E-state index in [2.05, 4.69) is 58.6 Å². The van der Waals surface area contributed by atoms with Gasteiger partial charge in [0.1, 0.15) is 5.82 Å². The van der Waals surface area contributed by atoms with Crippen molar-refractivity contribution in [2.45, 2.75) is 44.9 Å². The molecular formula is C23H29N5. The number of piperidine rings is 1. The molecule has 0 bridgehead atoms. The molecular weight excluding hydrogens is 346 g/mol. The minimum atomic E-state index is 0.346. The van der Waals surface area contributed by atoms with E-state index in [1.807, 2.05) is 18.6 Å². The summed E-state index contributed by atoms with van der Waals surface area (Å²) >= 11 is 0. The molecule has 3 heterocycles. The summed E-state index contributed by atoms with van der Waals surface area (Å²) in [5.41, 5.74) is 2.51. The topological polar surface area (TPSA) is 46.8 Å². The van der Waals surface area contributed by atoms with Crippen LogP contribution in [-0.2, 0) is 6.42 Å². The molecule has 1 fully saturated rings. The molecule has 1 atom stereocenters. The highest BCUT2D eigenvalue weighted by atomic mass is 15.2. The Morgan fingerprint density at radius 3 is 2.68 bits per heavy atom. The van der Waals surface area contributed by atoms with Gasteiger partial charge < -0.3 is 4.90 Å². The maximum atomic E-state index is 4.77. The van der Waals surface area contributed by atoms with E-state index >= 15 is 0 Å². The number of nitrogens with zero attached hydrogens (tertiary/aromatic N) is 5. The molecule has 0 amide bonds. The van der Waals surface area contributed by atoms with E-state index in [1.165, 1.54) is 24.9 Å². The first kappa shape index (κ1) is 18.8. The van der Waals surface area contributed by atoms with E-state index in [1.54, 1.807) is 6.20 Å². The monoisotopic (exact) mass is 375 g/mol. The number of rotatable bonds is 6. The molecule has 0 aliphatic carbocycles. The van der Waals surface area contributed by atoms with Gasteiger partial charge in [0, 0.05) is 49.7 Å². The van der Waals surface area contributed by atoms with E-state index in [0.29, 0.717) is 11.8 Å². The largest absolute Gasteiger partial charge is 0.302 e. The van der Waals surface area contributed by atoms with Gasteiger partial charge in [-0.05, 0) is 31.4 Å². The Hall–Kier alpha value is -2.53. The predicted molar refractivity (Wildman–Crippen MR) is 112 cm³/mol. The average Bonchev–Trinajstić information content (AvgIpc) is 3.23. The summed E-state index contributed by atoms with van der Waals surface area (Å²) in [4.78, 5) is 16.6. The Balaban J connectivity index is 1.52. The molecule has 3 aromatic rings. The number of likely N-dealkylation sites (tertiary alicyclic amines) is 1. The molecule has 0 N–H and O–H groups in total. The SMILES string of the molecule is CC(C)c1nccn1-c1nccnc1[C@@H]1CCCN(CCc2ccccc2)C1. The minimum Gasteiger partial charge on any atom is -0.302 e. The van der Waals surface area contributed by atoms with Crippen LogP contribution in [0.3, 0.4) is 0 Å². The van der Waals surface area contributed by atoms with Crippen molar-refractivity contribution in [2.24, 2.45) is 0 Å². The predicted octanol–water partition coefficient (Wildman–Crippen LogP) is 4.21. The van der Waals surface area contributed by atoms with Crippen LogP contribution in [0.2, 0.25) is 0 Å². The van der Waals surface area contributed by atoms with Crippen molar-refractivity contribution in [3.8, 4) is 5.82 Å². The highest BCUT2D eigenvalue weighted by molar-refractivity contribution is 5.33. The summed E-state index contributed by atoms with van der Waals surface area (Å²) in [5.74, 6) is 2.74. The van der Waals surface area contributed by atoms with Crippen LogP contribution in [-0.4, -0.2) is 44.1 Å². The van der Waals surface area contributed by atoms with Crippen molar-refractivity contribution in [3.05, 3.63) is 72.2 Å². The van der Waals surface area contributed by atoms with Crippen LogP contribution >= 0.6 is 0 Å². The van der Waals surface area contributed by atoms with Gasteiger partial charge in [-0.25, -0.2) is 9.97 Å². The highest BCUT2D eigenvalue weighted by Crippen LogP contribution is 2.30. The zero-order valence-corrected chi connectivity index (χ0v) is 16.8. The van der Waals surface area contributed by atoms with E-state index in [0.717, 1.165) is 36.8 Å². The van der Waals surface area contributed by atoms with Crippen molar-refractivity contribution in [1.29, 1.82) is 0 Å². The first-order valence-electron chi connectivity index (χ1n) is 10.3. The van der Waals surface area contributed by atoms with Gasteiger partial charge in [0.2, 0.25) is 0 Å². The molecule has 1 aliphatic rings. The molecule has 0 saturated carbocycles. The van der Waals surface area contributed by atoms with Gasteiger partial charge in [-0.2, -0.15) is 0 Å². The summed E-state index contributed by atoms with van der Waals surface area (Å²) in [6, 6.07) is 10.8. The molecule has 4 rings (SSSR count). The molecule has 28 heavy (non-hydrogen) atoms. The third kappa shape index (κ3) is 4.14. The van der Waals surface area contributed by atoms with Gasteiger partial charge in [0.05, 0.1) is 5.69 Å². The first-order valence-corrected chi connectivity index (χ1v) is 10.3. The van der Waals surface area contributed by atoms with Crippen LogP contribution < -0.4 is 0 Å². The molecule has 2 aromatic heterocycles. The lowest BCUT2D eigenvalue weighted by Gasteiger charge is -2.33. The van der Waals surface area contributed by atoms with Crippen LogP contribution in [0.1, 0.15) is 55.6 Å². The Morgan fingerprint density at radius 1 is 1.04 bits per heavy atom. The van der Waals surface area contributed by atoms with Crippen molar-refractivity contribution in [2.75, 3.05) is 19.6 Å². The summed E-state index contributed by atoms with van der Waals surface area (Å²) in [7, 11) is 0. The molecule has 0 unspecified atom stereocenters. The Labute approximate surface area is 167 Å². The summed E-state index contributed by atoms with van der Waals surface area (Å²) in [5, 5.41) is 0. The molecule has 1 aliphatic heterocycles. The fourth-order valence-electron chi connectivity index (χ4n) is 4.15. The van der Waals surface area contributed by atoms with Crippen molar-refractivity contribution >= 4 is 0 Å². The van der Waals surface area contributed by atoms with Crippen LogP contribution in [0, 0.1) is 0 Å². The van der Waals surface area contributed by atoms with Gasteiger partial charge in [-0.1, -0.05) is 44.2 Å². The van der Waals surface area contributed by atoms with Crippen molar-refractivity contribution < 1.29 is 0 Å². The second-order valence-corrected chi connectivity index (χ2v) is 7.95. The fourth-order valence-corrected chi connectivity index (χ4v) is 4.15. The molecule has 1 aromatic carbocycles. The number of aromatic nitrogens is 4. The summed E-state index contributed by atoms with van der Waals surface area (Å²) in [6.45, 7) is 7.64. The lowest BCUT2D eigenvalue weighted by Crippen LogP contribution is -2.36. The van der Waals surface area contributed by atoms with E-state index in [4.69, 9.17) is 9.97 Å². The first-order chi connectivity index (χ1) is 13.7. The third-order valence-electron chi connectivity index (χ3n) is 5.57. The average molecular weight is 376 g/mol. The lowest BCUT2D eigenvalue weighted by molar-refractivity contribution is 0.208. The molecule has 1 saturated heterocycles. The molecule has 0 radical (unpaired) electrons. The van der Waals surface area contributed by atoms with Gasteiger partial charge in [-0.15, -0.1) is 0 Å². The van der Waals surface area contributed by atoms with Crippen LogP contribution in [0.15, 0.2) is 55.1 Å². The number of hydrogen-bond donors (Lipinski definition) is 0. The number of benzene rings is 1. The zero-order chi connectivity index (χ0) is 19.3. The Bertz CT molecular complexity index is 887. The lowest BCUT2D eigenvalue weighted by atomic mass is 9.94. The standard InChI is InChI=1S/C23H29N5/c1-18(2)22-26-13-16-28(22)23-21(24-11-12-25-23)20-9-6-14-27(17-20)15-10-19-7-4-3-5-8-19/h3-5,7-8,11-13,16,18,20H,6,9-10,14-15,17H2,1-2H3/t20-/m1/s1. The normalized spacial score (nSPS) is 17.9. The van der Waals surface area contributed by atoms with E-state index < -0.39 is 0 Å². The van der Waals surface area contributed by atoms with Gasteiger partial charge in [0.25, 0.3) is 0 Å². The number of hydrogen-bond acceptors (Lipinski definition) is 4. The van der Waals surface area contributed by atoms with E-state index in [-0.39, 0.29) is 0 Å². The smallest absolute Gasteiger partial charge is 0.160 e. The van der Waals surface area contributed by atoms with Crippen molar-refractivity contribution in [1.82, 2.24) is 24.4 Å². The van der Waals surface area contributed by atoms with Gasteiger partial charge >= 0.3 is 0 Å². The van der Waals surface area contributed by atoms with Crippen molar-refractivity contribution in [3.63, 3.8) is 0 Å². The van der Waals surface area contributed by atoms with Gasteiger partial charge in [0.15, 0.2) is 5.82 Å². The summed E-state index contributed by atoms with van der Waals surface area (Å²) in [6.07, 6.45) is 11.0. The number of imidazole rings is 1. The molecule has 146 valence electrons. The molecule has 5 nitrogen and oxygen atoms in total. The highest BCUT2D eigenvalue weighted by Gasteiger charge is 2.26. The molecule has 0 spiro atoms. The molecule has 5 heteroatoms. The zero-order valence-electron chi connectivity index (χ0n) is 16.8. The van der Waals surface area contributed by atoms with Crippen LogP contribution in [0.4, 0.5) is 0 Å². The Morgan fingerprint density at radius 2 is 1.86 bits per heavy atom. The second kappa shape index (κ2) is 8.65. The Kier molecular flexibility index (Phi) is 5.81.